The van der Waals surface area contributed by atoms with E-state index in [9.17, 15) is 0 Å². The van der Waals surface area contributed by atoms with Crippen molar-refractivity contribution in [3.8, 4) is 0 Å². The Morgan fingerprint density at radius 3 is 2.48 bits per heavy atom. The van der Waals surface area contributed by atoms with Gasteiger partial charge in [-0.1, -0.05) is 48.5 Å². The van der Waals surface area contributed by atoms with Crippen molar-refractivity contribution in [2.75, 3.05) is 14.1 Å². The van der Waals surface area contributed by atoms with Gasteiger partial charge in [0.1, 0.15) is 0 Å². The zero-order valence-electron chi connectivity index (χ0n) is 13.6. The quantitative estimate of drug-likeness (QED) is 0.697. The summed E-state index contributed by atoms with van der Waals surface area (Å²) in [5.41, 5.74) is 6.01. The highest BCUT2D eigenvalue weighted by atomic mass is 15.1. The van der Waals surface area contributed by atoms with Gasteiger partial charge in [-0.3, -0.25) is 0 Å². The van der Waals surface area contributed by atoms with E-state index >= 15 is 0 Å². The van der Waals surface area contributed by atoms with Gasteiger partial charge in [-0.25, -0.2) is 0 Å². The van der Waals surface area contributed by atoms with Crippen molar-refractivity contribution in [3.05, 3.63) is 83.6 Å². The average Bonchev–Trinajstić information content (AvgIpc) is 3.06. The van der Waals surface area contributed by atoms with E-state index < -0.39 is 0 Å². The molecule has 23 heavy (non-hydrogen) atoms. The summed E-state index contributed by atoms with van der Waals surface area (Å²) in [6.45, 7) is 0.593. The third kappa shape index (κ3) is 3.57. The van der Waals surface area contributed by atoms with Gasteiger partial charge in [0.05, 0.1) is 12.2 Å². The number of rotatable bonds is 5. The lowest BCUT2D eigenvalue weighted by molar-refractivity contribution is 0.533. The van der Waals surface area contributed by atoms with Crippen LogP contribution < -0.4 is 0 Å². The number of azo groups is 1. The summed E-state index contributed by atoms with van der Waals surface area (Å²) in [4.78, 5) is 2.17. The Labute approximate surface area is 137 Å². The van der Waals surface area contributed by atoms with Crippen LogP contribution in [0.4, 0.5) is 5.69 Å². The van der Waals surface area contributed by atoms with Gasteiger partial charge in [0, 0.05) is 19.8 Å². The standard InChI is InChI=1S/C20H21N3/c1-23(2)20-14-8-13-19(20)18-12-7-6-9-16(18)15-21-22-17-10-4-3-5-11-17/h3-12,14H,13,15H2,1-2H3. The fourth-order valence-corrected chi connectivity index (χ4v) is 2.80. The summed E-state index contributed by atoms with van der Waals surface area (Å²) in [5.74, 6) is 0. The molecule has 0 saturated heterocycles. The highest BCUT2D eigenvalue weighted by Crippen LogP contribution is 2.32. The van der Waals surface area contributed by atoms with Crippen LogP contribution in [0.1, 0.15) is 17.5 Å². The molecule has 2 aromatic rings. The Kier molecular flexibility index (Phi) is 4.67. The molecular weight excluding hydrogens is 282 g/mol. The van der Waals surface area contributed by atoms with Crippen LogP contribution in [0.5, 0.6) is 0 Å². The molecule has 0 aromatic heterocycles. The van der Waals surface area contributed by atoms with Crippen LogP contribution in [0, 0.1) is 0 Å². The van der Waals surface area contributed by atoms with Crippen LogP contribution in [0.2, 0.25) is 0 Å². The fourth-order valence-electron chi connectivity index (χ4n) is 2.80. The van der Waals surface area contributed by atoms with Crippen LogP contribution in [0.3, 0.4) is 0 Å². The van der Waals surface area contributed by atoms with E-state index in [1.807, 2.05) is 30.3 Å². The zero-order valence-corrected chi connectivity index (χ0v) is 13.6. The van der Waals surface area contributed by atoms with E-state index in [0.29, 0.717) is 6.54 Å². The fraction of sp³-hybridized carbons (Fsp3) is 0.200. The van der Waals surface area contributed by atoms with Gasteiger partial charge in [0.15, 0.2) is 0 Å². The van der Waals surface area contributed by atoms with Crippen LogP contribution in [-0.4, -0.2) is 19.0 Å². The molecule has 0 spiro atoms. The largest absolute Gasteiger partial charge is 0.377 e. The summed E-state index contributed by atoms with van der Waals surface area (Å²) in [7, 11) is 4.17. The van der Waals surface area contributed by atoms with Crippen molar-refractivity contribution in [3.63, 3.8) is 0 Å². The van der Waals surface area contributed by atoms with Gasteiger partial charge >= 0.3 is 0 Å². The highest BCUT2D eigenvalue weighted by molar-refractivity contribution is 5.76. The third-order valence-corrected chi connectivity index (χ3v) is 3.91. The number of hydrogen-bond acceptors (Lipinski definition) is 3. The maximum atomic E-state index is 4.38. The third-order valence-electron chi connectivity index (χ3n) is 3.91. The molecule has 3 rings (SSSR count). The SMILES string of the molecule is CN(C)C1=C(c2ccccc2CN=Nc2ccccc2)CC=C1. The summed E-state index contributed by atoms with van der Waals surface area (Å²) in [5, 5.41) is 8.69. The van der Waals surface area contributed by atoms with Gasteiger partial charge in [0.2, 0.25) is 0 Å². The molecule has 0 heterocycles. The highest BCUT2D eigenvalue weighted by Gasteiger charge is 2.15. The Hall–Kier alpha value is -2.68. The lowest BCUT2D eigenvalue weighted by atomic mass is 9.98. The first-order chi connectivity index (χ1) is 11.3. The first-order valence-corrected chi connectivity index (χ1v) is 7.83. The molecule has 1 aliphatic rings. The normalized spacial score (nSPS) is 14.0. The zero-order chi connectivity index (χ0) is 16.1. The van der Waals surface area contributed by atoms with Crippen LogP contribution in [0.15, 0.2) is 82.7 Å². The molecule has 3 heteroatoms. The van der Waals surface area contributed by atoms with Gasteiger partial charge < -0.3 is 4.90 Å². The van der Waals surface area contributed by atoms with E-state index in [4.69, 9.17) is 0 Å². The van der Waals surface area contributed by atoms with Crippen LogP contribution in [-0.2, 0) is 6.54 Å². The van der Waals surface area contributed by atoms with Crippen LogP contribution >= 0.6 is 0 Å². The molecule has 0 N–H and O–H groups in total. The number of likely N-dealkylation sites (N-methyl/N-ethyl adjacent to an activating group) is 1. The summed E-state index contributed by atoms with van der Waals surface area (Å²) < 4.78 is 0. The predicted octanol–water partition coefficient (Wildman–Crippen LogP) is 5.20. The van der Waals surface area contributed by atoms with E-state index in [-0.39, 0.29) is 0 Å². The van der Waals surface area contributed by atoms with Crippen molar-refractivity contribution >= 4 is 11.3 Å². The maximum Gasteiger partial charge on any atom is 0.0859 e. The molecule has 0 atom stereocenters. The minimum absolute atomic E-state index is 0.593. The molecular formula is C20H21N3. The second kappa shape index (κ2) is 7.05. The molecule has 0 aliphatic heterocycles. The first kappa shape index (κ1) is 15.2. The van der Waals surface area contributed by atoms with Crippen molar-refractivity contribution in [1.29, 1.82) is 0 Å². The Morgan fingerprint density at radius 2 is 1.70 bits per heavy atom. The number of allylic oxidation sites excluding steroid dienone is 3. The molecule has 0 amide bonds. The Balaban J connectivity index is 1.85. The lowest BCUT2D eigenvalue weighted by Crippen LogP contribution is -2.10. The first-order valence-electron chi connectivity index (χ1n) is 7.83. The van der Waals surface area contributed by atoms with E-state index in [1.54, 1.807) is 0 Å². The summed E-state index contributed by atoms with van der Waals surface area (Å²) in [6, 6.07) is 18.3. The van der Waals surface area contributed by atoms with Crippen molar-refractivity contribution in [1.82, 2.24) is 4.90 Å². The summed E-state index contributed by atoms with van der Waals surface area (Å²) >= 11 is 0. The Morgan fingerprint density at radius 1 is 0.957 bits per heavy atom. The second-order valence-corrected chi connectivity index (χ2v) is 5.76. The molecule has 0 unspecified atom stereocenters. The van der Waals surface area contributed by atoms with Crippen molar-refractivity contribution in [2.24, 2.45) is 10.2 Å². The van der Waals surface area contributed by atoms with E-state index in [2.05, 4.69) is 65.6 Å². The number of hydrogen-bond donors (Lipinski definition) is 0. The minimum atomic E-state index is 0.593. The average molecular weight is 303 g/mol. The summed E-state index contributed by atoms with van der Waals surface area (Å²) in [6.07, 6.45) is 5.38. The molecule has 0 radical (unpaired) electrons. The minimum Gasteiger partial charge on any atom is -0.377 e. The smallest absolute Gasteiger partial charge is 0.0859 e. The van der Waals surface area contributed by atoms with Gasteiger partial charge in [-0.2, -0.15) is 10.2 Å². The van der Waals surface area contributed by atoms with Gasteiger partial charge in [-0.15, -0.1) is 0 Å². The molecule has 0 saturated carbocycles. The van der Waals surface area contributed by atoms with Crippen molar-refractivity contribution < 1.29 is 0 Å². The van der Waals surface area contributed by atoms with Crippen molar-refractivity contribution in [2.45, 2.75) is 13.0 Å². The second-order valence-electron chi connectivity index (χ2n) is 5.76. The monoisotopic (exact) mass is 303 g/mol. The number of nitrogens with zero attached hydrogens (tertiary/aromatic N) is 3. The Bertz CT molecular complexity index is 755. The predicted molar refractivity (Wildman–Crippen MR) is 95.5 cm³/mol. The molecule has 116 valence electrons. The maximum absolute atomic E-state index is 4.38. The van der Waals surface area contributed by atoms with E-state index in [0.717, 1.165) is 12.1 Å². The molecule has 3 nitrogen and oxygen atoms in total. The molecule has 1 aliphatic carbocycles. The van der Waals surface area contributed by atoms with Gasteiger partial charge in [0.25, 0.3) is 0 Å². The van der Waals surface area contributed by atoms with Gasteiger partial charge in [-0.05, 0) is 41.3 Å². The molecule has 0 fully saturated rings. The molecule has 0 bridgehead atoms. The topological polar surface area (TPSA) is 28.0 Å². The lowest BCUT2D eigenvalue weighted by Gasteiger charge is -2.17. The van der Waals surface area contributed by atoms with Crippen LogP contribution in [0.25, 0.3) is 5.57 Å². The number of benzene rings is 2. The van der Waals surface area contributed by atoms with E-state index in [1.165, 1.54) is 22.4 Å². The molecule has 2 aromatic carbocycles.